The summed E-state index contributed by atoms with van der Waals surface area (Å²) in [6.07, 6.45) is 7.59. The van der Waals surface area contributed by atoms with Crippen LogP contribution in [0.15, 0.2) is 225 Å². The third-order valence-corrected chi connectivity index (χ3v) is 11.1. The Morgan fingerprint density at radius 3 is 1.35 bits per heavy atom. The Hall–Kier alpha value is -7.35. The van der Waals surface area contributed by atoms with Crippen LogP contribution in [0.4, 0.5) is 0 Å². The number of allylic oxidation sites excluding steroid dienone is 6. The first-order valence-corrected chi connectivity index (χ1v) is 19.4. The Kier molecular flexibility index (Phi) is 9.34. The van der Waals surface area contributed by atoms with Crippen molar-refractivity contribution in [3.63, 3.8) is 0 Å². The summed E-state index contributed by atoms with van der Waals surface area (Å²) < 4.78 is 0. The Bertz CT molecular complexity index is 3090. The lowest BCUT2D eigenvalue weighted by molar-refractivity contribution is 1.49. The minimum atomic E-state index is 0.415. The van der Waals surface area contributed by atoms with Crippen molar-refractivity contribution in [1.29, 1.82) is 5.41 Å². The molecule has 0 saturated carbocycles. The van der Waals surface area contributed by atoms with Crippen LogP contribution in [0.25, 0.3) is 87.6 Å². The zero-order valence-electron chi connectivity index (χ0n) is 32.0. The highest BCUT2D eigenvalue weighted by atomic mass is 14.4. The van der Waals surface area contributed by atoms with Crippen molar-refractivity contribution in [2.24, 2.45) is 0 Å². The van der Waals surface area contributed by atoms with Gasteiger partial charge in [0.25, 0.3) is 0 Å². The van der Waals surface area contributed by atoms with Crippen LogP contribution in [0.5, 0.6) is 0 Å². The Labute approximate surface area is 334 Å². The summed E-state index contributed by atoms with van der Waals surface area (Å²) in [5, 5.41) is 18.7. The number of hydrogen-bond acceptors (Lipinski definition) is 1. The van der Waals surface area contributed by atoms with Crippen molar-refractivity contribution in [3.8, 4) is 44.5 Å². The summed E-state index contributed by atoms with van der Waals surface area (Å²) in [6.45, 7) is 10.3. The monoisotopic (exact) mass is 727 g/mol. The van der Waals surface area contributed by atoms with Gasteiger partial charge in [-0.3, -0.25) is 0 Å². The van der Waals surface area contributed by atoms with Gasteiger partial charge in [-0.05, 0) is 118 Å². The second-order valence-electron chi connectivity index (χ2n) is 14.6. The van der Waals surface area contributed by atoms with E-state index < -0.39 is 0 Å². The van der Waals surface area contributed by atoms with Crippen molar-refractivity contribution < 1.29 is 0 Å². The van der Waals surface area contributed by atoms with Crippen LogP contribution in [0.3, 0.4) is 0 Å². The molecule has 1 N–H and O–H groups in total. The lowest BCUT2D eigenvalue weighted by Gasteiger charge is -2.19. The van der Waals surface area contributed by atoms with E-state index in [1.807, 2.05) is 31.2 Å². The molecule has 0 aliphatic heterocycles. The SMILES string of the molecule is C=C(/C=C\C)C(=C)/C=C\C(=N)c1ccc2c(-c3ccc(-c4cccc5ccccc45)cc3)c3ccccc3c(-c3ccc(-c4cccc5ccccc45)cc3)c2c1. The van der Waals surface area contributed by atoms with Crippen molar-refractivity contribution in [3.05, 3.63) is 230 Å². The van der Waals surface area contributed by atoms with Crippen LogP contribution >= 0.6 is 0 Å². The highest BCUT2D eigenvalue weighted by Gasteiger charge is 2.18. The van der Waals surface area contributed by atoms with E-state index in [1.54, 1.807) is 0 Å². The second kappa shape index (κ2) is 15.1. The molecule has 0 atom stereocenters. The molecule has 0 aromatic heterocycles. The maximum atomic E-state index is 9.17. The van der Waals surface area contributed by atoms with Crippen LogP contribution in [-0.2, 0) is 0 Å². The van der Waals surface area contributed by atoms with Gasteiger partial charge >= 0.3 is 0 Å². The molecule has 0 spiro atoms. The number of benzene rings is 9. The first-order chi connectivity index (χ1) is 28.0. The highest BCUT2D eigenvalue weighted by molar-refractivity contribution is 6.23. The molecule has 0 amide bonds. The van der Waals surface area contributed by atoms with Gasteiger partial charge < -0.3 is 5.41 Å². The van der Waals surface area contributed by atoms with Crippen molar-refractivity contribution in [2.75, 3.05) is 0 Å². The molecule has 0 bridgehead atoms. The van der Waals surface area contributed by atoms with Gasteiger partial charge in [-0.15, -0.1) is 0 Å². The highest BCUT2D eigenvalue weighted by Crippen LogP contribution is 2.45. The van der Waals surface area contributed by atoms with E-state index in [2.05, 4.69) is 189 Å². The molecule has 270 valence electrons. The van der Waals surface area contributed by atoms with Crippen LogP contribution < -0.4 is 0 Å². The van der Waals surface area contributed by atoms with E-state index in [0.29, 0.717) is 5.71 Å². The smallest absolute Gasteiger partial charge is 0.0612 e. The van der Waals surface area contributed by atoms with Gasteiger partial charge in [0, 0.05) is 5.56 Å². The largest absolute Gasteiger partial charge is 0.300 e. The van der Waals surface area contributed by atoms with E-state index in [4.69, 9.17) is 0 Å². The Morgan fingerprint density at radius 2 is 0.825 bits per heavy atom. The molecular weight excluding hydrogens is 687 g/mol. The molecule has 57 heavy (non-hydrogen) atoms. The summed E-state index contributed by atoms with van der Waals surface area (Å²) >= 11 is 0. The van der Waals surface area contributed by atoms with E-state index in [-0.39, 0.29) is 0 Å². The van der Waals surface area contributed by atoms with Gasteiger partial charge in [0.1, 0.15) is 0 Å². The number of rotatable bonds is 9. The van der Waals surface area contributed by atoms with Crippen LogP contribution in [0.2, 0.25) is 0 Å². The molecule has 0 aliphatic carbocycles. The van der Waals surface area contributed by atoms with Gasteiger partial charge in [-0.1, -0.05) is 201 Å². The molecule has 0 saturated heterocycles. The van der Waals surface area contributed by atoms with E-state index in [0.717, 1.165) is 44.2 Å². The lowest BCUT2D eigenvalue weighted by atomic mass is 9.84. The second-order valence-corrected chi connectivity index (χ2v) is 14.6. The number of hydrogen-bond donors (Lipinski definition) is 1. The van der Waals surface area contributed by atoms with Gasteiger partial charge in [0.2, 0.25) is 0 Å². The third-order valence-electron chi connectivity index (χ3n) is 11.1. The minimum Gasteiger partial charge on any atom is -0.300 e. The van der Waals surface area contributed by atoms with Crippen molar-refractivity contribution in [2.45, 2.75) is 6.92 Å². The van der Waals surface area contributed by atoms with Crippen LogP contribution in [0, 0.1) is 5.41 Å². The summed E-state index contributed by atoms with van der Waals surface area (Å²) in [7, 11) is 0. The molecule has 0 aliphatic rings. The quantitative estimate of drug-likeness (QED) is 0.0870. The zero-order chi connectivity index (χ0) is 38.9. The normalized spacial score (nSPS) is 11.7. The van der Waals surface area contributed by atoms with Gasteiger partial charge in [-0.25, -0.2) is 0 Å². The molecular formula is C56H41N. The lowest BCUT2D eigenvalue weighted by Crippen LogP contribution is -1.97. The minimum absolute atomic E-state index is 0.415. The predicted octanol–water partition coefficient (Wildman–Crippen LogP) is 15.6. The predicted molar refractivity (Wildman–Crippen MR) is 247 cm³/mol. The van der Waals surface area contributed by atoms with Crippen LogP contribution in [0.1, 0.15) is 12.5 Å². The fraction of sp³-hybridized carbons (Fsp3) is 0.0179. The van der Waals surface area contributed by atoms with Crippen molar-refractivity contribution >= 4 is 48.8 Å². The number of fused-ring (bicyclic) bond motifs is 4. The first-order valence-electron chi connectivity index (χ1n) is 19.4. The summed E-state index contributed by atoms with van der Waals surface area (Å²) in [5.41, 5.74) is 12.3. The molecule has 9 aromatic carbocycles. The number of nitrogens with one attached hydrogen (secondary N) is 1. The Balaban J connectivity index is 1.22. The summed E-state index contributed by atoms with van der Waals surface area (Å²) in [5.74, 6) is 0. The Morgan fingerprint density at radius 1 is 0.404 bits per heavy atom. The molecule has 1 heteroatoms. The molecule has 0 heterocycles. The maximum Gasteiger partial charge on any atom is 0.0612 e. The fourth-order valence-electron chi connectivity index (χ4n) is 8.25. The maximum absolute atomic E-state index is 9.17. The first kappa shape index (κ1) is 35.4. The van der Waals surface area contributed by atoms with Crippen molar-refractivity contribution in [1.82, 2.24) is 0 Å². The van der Waals surface area contributed by atoms with Gasteiger partial charge in [0.15, 0.2) is 0 Å². The standard InChI is InChI=1S/C56H41N/c1-4-13-37(2)38(3)24-35-54(57)45-33-34-52-53(36-45)56(44-31-27-42(28-32-44)49-23-12-17-40-15-6-8-19-47(40)49)51-21-10-9-20-50(51)55(52)43-29-25-41(26-30-43)48-22-11-16-39-14-5-7-18-46(39)48/h4-36,57H,2-3H2,1H3/b13-4-,35-24-,57-54?. The van der Waals surface area contributed by atoms with Gasteiger partial charge in [0.05, 0.1) is 5.71 Å². The fourth-order valence-corrected chi connectivity index (χ4v) is 8.25. The summed E-state index contributed by atoms with van der Waals surface area (Å²) in [4.78, 5) is 0. The molecule has 9 rings (SSSR count). The topological polar surface area (TPSA) is 23.9 Å². The molecule has 0 radical (unpaired) electrons. The third kappa shape index (κ3) is 6.60. The molecule has 9 aromatic rings. The molecule has 0 fully saturated rings. The van der Waals surface area contributed by atoms with Crippen LogP contribution in [-0.4, -0.2) is 5.71 Å². The van der Waals surface area contributed by atoms with E-state index in [1.165, 1.54) is 60.1 Å². The molecule has 0 unspecified atom stereocenters. The molecule has 1 nitrogen and oxygen atoms in total. The van der Waals surface area contributed by atoms with E-state index >= 15 is 0 Å². The average molecular weight is 728 g/mol. The summed E-state index contributed by atoms with van der Waals surface area (Å²) in [6, 6.07) is 63.4. The van der Waals surface area contributed by atoms with E-state index in [9.17, 15) is 5.41 Å². The zero-order valence-corrected chi connectivity index (χ0v) is 32.0. The van der Waals surface area contributed by atoms with Gasteiger partial charge in [-0.2, -0.15) is 0 Å². The average Bonchev–Trinajstić information content (AvgIpc) is 3.27.